The van der Waals surface area contributed by atoms with Crippen molar-refractivity contribution in [2.75, 3.05) is 19.8 Å². The van der Waals surface area contributed by atoms with Crippen LogP contribution in [0.2, 0.25) is 0 Å². The zero-order valence-electron chi connectivity index (χ0n) is 22.0. The molecule has 0 fully saturated rings. The number of unbranched alkanes of at least 4 members (excludes halogenated alkanes) is 9. The first kappa shape index (κ1) is 34.3. The van der Waals surface area contributed by atoms with Gasteiger partial charge in [-0.15, -0.1) is 0 Å². The molecule has 0 radical (unpaired) electrons. The molecule has 0 rings (SSSR count). The van der Waals surface area contributed by atoms with Crippen LogP contribution in [-0.2, 0) is 14.4 Å². The molecule has 9 nitrogen and oxygen atoms in total. The van der Waals surface area contributed by atoms with Gasteiger partial charge in [0.15, 0.2) is 0 Å². The van der Waals surface area contributed by atoms with Gasteiger partial charge in [0.2, 0.25) is 0 Å². The van der Waals surface area contributed by atoms with Crippen LogP contribution in [0.15, 0.2) is 0 Å². The minimum absolute atomic E-state index is 0.138. The fraction of sp³-hybridized carbons (Fsp3) is 0.889. The third-order valence-electron chi connectivity index (χ3n) is 7.71. The number of aliphatic carboxylic acids is 3. The SMILES string of the molecule is O=C(O)CCCCCCC(CCCCCCC(=O)O)(CCCCCCC(=O)O)C(CO)(CO)CCO. The molecule has 0 heterocycles. The third kappa shape index (κ3) is 14.1. The summed E-state index contributed by atoms with van der Waals surface area (Å²) in [5, 5.41) is 57.4. The van der Waals surface area contributed by atoms with E-state index in [1.54, 1.807) is 0 Å². The Morgan fingerprint density at radius 2 is 0.722 bits per heavy atom. The molecule has 36 heavy (non-hydrogen) atoms. The highest BCUT2D eigenvalue weighted by atomic mass is 16.4. The molecule has 0 aliphatic rings. The Hall–Kier alpha value is -1.71. The molecule has 0 aromatic heterocycles. The normalized spacial score (nSPS) is 12.1. The van der Waals surface area contributed by atoms with E-state index < -0.39 is 28.7 Å². The van der Waals surface area contributed by atoms with Gasteiger partial charge in [0.05, 0.1) is 13.2 Å². The van der Waals surface area contributed by atoms with Crippen molar-refractivity contribution in [1.82, 2.24) is 0 Å². The maximum absolute atomic E-state index is 10.8. The maximum atomic E-state index is 10.8. The summed E-state index contributed by atoms with van der Waals surface area (Å²) in [6.45, 7) is -0.652. The van der Waals surface area contributed by atoms with E-state index in [9.17, 15) is 29.7 Å². The Kier molecular flexibility index (Phi) is 19.4. The Bertz CT molecular complexity index is 537. The summed E-state index contributed by atoms with van der Waals surface area (Å²) in [6.07, 6.45) is 12.1. The monoisotopic (exact) mass is 518 g/mol. The topological polar surface area (TPSA) is 173 Å². The van der Waals surface area contributed by atoms with Gasteiger partial charge in [0.25, 0.3) is 0 Å². The van der Waals surface area contributed by atoms with Crippen molar-refractivity contribution < 1.29 is 45.0 Å². The summed E-state index contributed by atoms with van der Waals surface area (Å²) in [6, 6.07) is 0. The van der Waals surface area contributed by atoms with Crippen LogP contribution in [0.4, 0.5) is 0 Å². The van der Waals surface area contributed by atoms with Gasteiger partial charge in [0.1, 0.15) is 0 Å². The van der Waals surface area contributed by atoms with Crippen molar-refractivity contribution in [3.8, 4) is 0 Å². The molecule has 212 valence electrons. The molecule has 0 spiro atoms. The Morgan fingerprint density at radius 1 is 0.417 bits per heavy atom. The average molecular weight is 519 g/mol. The van der Waals surface area contributed by atoms with Gasteiger partial charge in [-0.3, -0.25) is 14.4 Å². The lowest BCUT2D eigenvalue weighted by Crippen LogP contribution is -2.48. The lowest BCUT2D eigenvalue weighted by Gasteiger charge is -2.50. The van der Waals surface area contributed by atoms with Crippen molar-refractivity contribution in [3.63, 3.8) is 0 Å². The van der Waals surface area contributed by atoms with Crippen LogP contribution in [0.25, 0.3) is 0 Å². The van der Waals surface area contributed by atoms with Crippen LogP contribution >= 0.6 is 0 Å². The Balaban J connectivity index is 5.44. The molecule has 0 saturated carbocycles. The molecular formula is C27H50O9. The second-order valence-corrected chi connectivity index (χ2v) is 10.3. The predicted octanol–water partition coefficient (Wildman–Crippen LogP) is 4.60. The Morgan fingerprint density at radius 3 is 0.972 bits per heavy atom. The molecule has 0 unspecified atom stereocenters. The molecule has 0 aromatic carbocycles. The van der Waals surface area contributed by atoms with E-state index in [2.05, 4.69) is 0 Å². The summed E-state index contributed by atoms with van der Waals surface area (Å²) in [7, 11) is 0. The van der Waals surface area contributed by atoms with E-state index in [1.807, 2.05) is 0 Å². The number of hydrogen-bond donors (Lipinski definition) is 6. The number of aliphatic hydroxyl groups excluding tert-OH is 3. The zero-order chi connectivity index (χ0) is 27.3. The van der Waals surface area contributed by atoms with Crippen LogP contribution in [0.1, 0.15) is 122 Å². The number of aliphatic hydroxyl groups is 3. The van der Waals surface area contributed by atoms with E-state index in [0.29, 0.717) is 19.3 Å². The first-order valence-corrected chi connectivity index (χ1v) is 13.7. The molecule has 0 saturated heterocycles. The van der Waals surface area contributed by atoms with Crippen LogP contribution in [0.3, 0.4) is 0 Å². The average Bonchev–Trinajstić information content (AvgIpc) is 2.83. The molecule has 6 N–H and O–H groups in total. The maximum Gasteiger partial charge on any atom is 0.303 e. The summed E-state index contributed by atoms with van der Waals surface area (Å²) in [5.74, 6) is -2.42. The van der Waals surface area contributed by atoms with E-state index in [-0.39, 0.29) is 45.5 Å². The van der Waals surface area contributed by atoms with Crippen molar-refractivity contribution in [2.45, 2.75) is 122 Å². The van der Waals surface area contributed by atoms with Gasteiger partial charge in [0, 0.05) is 31.3 Å². The Labute approximate surface area is 215 Å². The van der Waals surface area contributed by atoms with Crippen molar-refractivity contribution in [1.29, 1.82) is 0 Å². The van der Waals surface area contributed by atoms with Crippen molar-refractivity contribution in [2.24, 2.45) is 10.8 Å². The minimum atomic E-state index is -0.856. The number of carboxylic acid groups (broad SMARTS) is 3. The first-order chi connectivity index (χ1) is 17.2. The number of carboxylic acids is 3. The lowest BCUT2D eigenvalue weighted by atomic mass is 9.55. The highest BCUT2D eigenvalue weighted by Gasteiger charge is 2.48. The fourth-order valence-corrected chi connectivity index (χ4v) is 5.47. The van der Waals surface area contributed by atoms with Crippen LogP contribution < -0.4 is 0 Å². The molecule has 0 amide bonds. The van der Waals surface area contributed by atoms with Gasteiger partial charge >= 0.3 is 17.9 Å². The number of hydrogen-bond acceptors (Lipinski definition) is 6. The quantitative estimate of drug-likeness (QED) is 0.0894. The number of rotatable bonds is 26. The highest BCUT2D eigenvalue weighted by Crippen LogP contribution is 2.53. The molecule has 9 heteroatoms. The smallest absolute Gasteiger partial charge is 0.303 e. The standard InChI is InChI=1S/C27H50O9/c28-20-19-27(21-29,22-30)26(16-10-4-1-7-13-23(31)32,17-11-5-2-8-14-24(33)34)18-12-6-3-9-15-25(35)36/h28-30H,1-22H2,(H,31,32)(H,33,34)(H,35,36). The van der Waals surface area contributed by atoms with E-state index in [0.717, 1.165) is 77.0 Å². The first-order valence-electron chi connectivity index (χ1n) is 13.7. The molecule has 0 aliphatic carbocycles. The molecular weight excluding hydrogens is 468 g/mol. The second kappa shape index (κ2) is 20.4. The second-order valence-electron chi connectivity index (χ2n) is 10.3. The van der Waals surface area contributed by atoms with Crippen LogP contribution in [0.5, 0.6) is 0 Å². The van der Waals surface area contributed by atoms with Crippen molar-refractivity contribution >= 4 is 17.9 Å². The van der Waals surface area contributed by atoms with Crippen LogP contribution in [0, 0.1) is 10.8 Å². The van der Waals surface area contributed by atoms with E-state index in [1.165, 1.54) is 0 Å². The highest BCUT2D eigenvalue weighted by molar-refractivity contribution is 5.67. The molecule has 0 bridgehead atoms. The zero-order valence-corrected chi connectivity index (χ0v) is 22.0. The van der Waals surface area contributed by atoms with Gasteiger partial charge in [-0.1, -0.05) is 57.8 Å². The van der Waals surface area contributed by atoms with Gasteiger partial charge < -0.3 is 30.6 Å². The van der Waals surface area contributed by atoms with Crippen LogP contribution in [-0.4, -0.2) is 68.4 Å². The summed E-state index contributed by atoms with van der Waals surface area (Å²) in [5.41, 5.74) is -1.28. The van der Waals surface area contributed by atoms with Crippen molar-refractivity contribution in [3.05, 3.63) is 0 Å². The molecule has 0 aromatic rings. The summed E-state index contributed by atoms with van der Waals surface area (Å²) in [4.78, 5) is 32.4. The molecule has 0 aliphatic heterocycles. The lowest BCUT2D eigenvalue weighted by molar-refractivity contribution is -0.138. The predicted molar refractivity (Wildman–Crippen MR) is 137 cm³/mol. The fourth-order valence-electron chi connectivity index (χ4n) is 5.47. The van der Waals surface area contributed by atoms with Gasteiger partial charge in [-0.05, 0) is 50.4 Å². The largest absolute Gasteiger partial charge is 0.481 e. The number of carbonyl (C=O) groups is 3. The third-order valence-corrected chi connectivity index (χ3v) is 7.71. The van der Waals surface area contributed by atoms with E-state index >= 15 is 0 Å². The summed E-state index contributed by atoms with van der Waals surface area (Å²) < 4.78 is 0. The minimum Gasteiger partial charge on any atom is -0.481 e. The van der Waals surface area contributed by atoms with Gasteiger partial charge in [-0.2, -0.15) is 0 Å². The molecule has 0 atom stereocenters. The van der Waals surface area contributed by atoms with Gasteiger partial charge in [-0.25, -0.2) is 0 Å². The summed E-state index contributed by atoms with van der Waals surface area (Å²) >= 11 is 0. The van der Waals surface area contributed by atoms with E-state index in [4.69, 9.17) is 15.3 Å².